The lowest BCUT2D eigenvalue weighted by Gasteiger charge is -2.40. The Labute approximate surface area is 115 Å². The number of esters is 1. The minimum Gasteiger partial charge on any atom is -0.466 e. The molecule has 3 heteroatoms. The minimum atomic E-state index is -0.274. The summed E-state index contributed by atoms with van der Waals surface area (Å²) in [5, 5.41) is 0. The highest BCUT2D eigenvalue weighted by atomic mass is 16.5. The summed E-state index contributed by atoms with van der Waals surface area (Å²) in [6, 6.07) is 0. The molecule has 0 bridgehead atoms. The summed E-state index contributed by atoms with van der Waals surface area (Å²) in [4.78, 5) is 12.2. The molecule has 0 aromatic carbocycles. The molecule has 1 heterocycles. The molecule has 0 spiro atoms. The molecule has 1 atom stereocenters. The van der Waals surface area contributed by atoms with Crippen LogP contribution in [-0.2, 0) is 14.3 Å². The maximum Gasteiger partial charge on any atom is 0.338 e. The van der Waals surface area contributed by atoms with Gasteiger partial charge >= 0.3 is 5.97 Å². The molecule has 1 aliphatic heterocycles. The molecular formula is C16H24O3. The van der Waals surface area contributed by atoms with Gasteiger partial charge in [0.15, 0.2) is 0 Å². The molecule has 0 aromatic heterocycles. The largest absolute Gasteiger partial charge is 0.466 e. The topological polar surface area (TPSA) is 35.5 Å². The van der Waals surface area contributed by atoms with Gasteiger partial charge < -0.3 is 9.47 Å². The van der Waals surface area contributed by atoms with Gasteiger partial charge in [-0.2, -0.15) is 0 Å². The molecule has 0 saturated carbocycles. The van der Waals surface area contributed by atoms with Crippen molar-refractivity contribution >= 4 is 5.97 Å². The first-order valence-electron chi connectivity index (χ1n) is 7.16. The molecular weight excluding hydrogens is 240 g/mol. The molecule has 1 aliphatic carbocycles. The highest BCUT2D eigenvalue weighted by Crippen LogP contribution is 2.49. The van der Waals surface area contributed by atoms with E-state index >= 15 is 0 Å². The van der Waals surface area contributed by atoms with Crippen LogP contribution in [0.4, 0.5) is 0 Å². The van der Waals surface area contributed by atoms with Crippen molar-refractivity contribution in [1.29, 1.82) is 0 Å². The molecule has 19 heavy (non-hydrogen) atoms. The van der Waals surface area contributed by atoms with E-state index < -0.39 is 0 Å². The van der Waals surface area contributed by atoms with Gasteiger partial charge in [-0.3, -0.25) is 0 Å². The number of carbonyl (C=O) groups is 1. The van der Waals surface area contributed by atoms with E-state index in [1.807, 2.05) is 13.8 Å². The van der Waals surface area contributed by atoms with Crippen LogP contribution in [0.1, 0.15) is 53.9 Å². The molecule has 1 unspecified atom stereocenters. The van der Waals surface area contributed by atoms with Gasteiger partial charge in [0, 0.05) is 11.8 Å². The molecule has 0 fully saturated rings. The number of carbonyl (C=O) groups excluding carboxylic acids is 1. The van der Waals surface area contributed by atoms with E-state index in [4.69, 9.17) is 9.47 Å². The average molecular weight is 264 g/mol. The van der Waals surface area contributed by atoms with Gasteiger partial charge in [-0.25, -0.2) is 4.79 Å². The second kappa shape index (κ2) is 5.03. The first-order chi connectivity index (χ1) is 8.87. The highest BCUT2D eigenvalue weighted by Gasteiger charge is 2.42. The molecule has 3 nitrogen and oxygen atoms in total. The number of allylic oxidation sites excluding steroid dienone is 3. The van der Waals surface area contributed by atoms with E-state index in [0.717, 1.165) is 18.6 Å². The normalized spacial score (nSPS) is 25.8. The summed E-state index contributed by atoms with van der Waals surface area (Å²) >= 11 is 0. The summed E-state index contributed by atoms with van der Waals surface area (Å²) in [6.07, 6.45) is 3.16. The molecule has 106 valence electrons. The fourth-order valence-electron chi connectivity index (χ4n) is 3.27. The zero-order valence-electron chi connectivity index (χ0n) is 12.6. The van der Waals surface area contributed by atoms with E-state index in [1.165, 1.54) is 12.0 Å². The highest BCUT2D eigenvalue weighted by molar-refractivity contribution is 5.91. The zero-order chi connectivity index (χ0) is 14.2. The molecule has 0 saturated heterocycles. The second-order valence-electron chi connectivity index (χ2n) is 6.13. The Hall–Kier alpha value is -1.25. The fourth-order valence-corrected chi connectivity index (χ4v) is 3.27. The molecule has 0 N–H and O–H groups in total. The van der Waals surface area contributed by atoms with Crippen molar-refractivity contribution in [1.82, 2.24) is 0 Å². The Bertz CT molecular complexity index is 455. The average Bonchev–Trinajstić information content (AvgIpc) is 2.27. The molecule has 2 rings (SSSR count). The molecule has 0 aromatic rings. The number of ether oxygens (including phenoxy) is 2. The lowest BCUT2D eigenvalue weighted by atomic mass is 9.69. The van der Waals surface area contributed by atoms with Crippen molar-refractivity contribution < 1.29 is 14.3 Å². The van der Waals surface area contributed by atoms with Gasteiger partial charge in [0.05, 0.1) is 12.2 Å². The summed E-state index contributed by atoms with van der Waals surface area (Å²) in [6.45, 7) is 10.6. The van der Waals surface area contributed by atoms with Crippen molar-refractivity contribution in [3.8, 4) is 0 Å². The van der Waals surface area contributed by atoms with Crippen LogP contribution in [0.2, 0.25) is 0 Å². The molecule has 2 aliphatic rings. The predicted octanol–water partition coefficient (Wildman–Crippen LogP) is 3.95. The Morgan fingerprint density at radius 1 is 1.47 bits per heavy atom. The maximum absolute atomic E-state index is 12.2. The van der Waals surface area contributed by atoms with Crippen molar-refractivity contribution in [2.45, 2.75) is 53.9 Å². The Balaban J connectivity index is 2.38. The standard InChI is InChI=1S/C16H24O3/c1-6-18-15(17)14-11(3)19-13-9-10(2)7-8-12(13)16(14,4)5/h10H,6-9H2,1-5H3. The second-order valence-corrected chi connectivity index (χ2v) is 6.13. The van der Waals surface area contributed by atoms with Gasteiger partial charge in [0.25, 0.3) is 0 Å². The van der Waals surface area contributed by atoms with E-state index in [9.17, 15) is 4.79 Å². The van der Waals surface area contributed by atoms with E-state index in [-0.39, 0.29) is 11.4 Å². The van der Waals surface area contributed by atoms with Crippen LogP contribution < -0.4 is 0 Å². The Morgan fingerprint density at radius 3 is 2.79 bits per heavy atom. The van der Waals surface area contributed by atoms with Gasteiger partial charge in [-0.05, 0) is 38.2 Å². The van der Waals surface area contributed by atoms with E-state index in [2.05, 4.69) is 20.8 Å². The first kappa shape index (κ1) is 14.2. The van der Waals surface area contributed by atoms with Crippen molar-refractivity contribution in [3.05, 3.63) is 22.7 Å². The van der Waals surface area contributed by atoms with Crippen LogP contribution in [0.15, 0.2) is 22.7 Å². The van der Waals surface area contributed by atoms with E-state index in [1.54, 1.807) is 0 Å². The minimum absolute atomic E-state index is 0.241. The summed E-state index contributed by atoms with van der Waals surface area (Å²) in [5.74, 6) is 2.20. The number of hydrogen-bond acceptors (Lipinski definition) is 3. The predicted molar refractivity (Wildman–Crippen MR) is 74.2 cm³/mol. The van der Waals surface area contributed by atoms with Gasteiger partial charge in [0.2, 0.25) is 0 Å². The Kier molecular flexibility index (Phi) is 3.75. The summed E-state index contributed by atoms with van der Waals surface area (Å²) in [5.41, 5.74) is 1.69. The quantitative estimate of drug-likeness (QED) is 0.708. The maximum atomic E-state index is 12.2. The van der Waals surface area contributed by atoms with Crippen LogP contribution in [0.25, 0.3) is 0 Å². The Morgan fingerprint density at radius 2 is 2.16 bits per heavy atom. The van der Waals surface area contributed by atoms with Crippen molar-refractivity contribution in [3.63, 3.8) is 0 Å². The van der Waals surface area contributed by atoms with Crippen molar-refractivity contribution in [2.24, 2.45) is 11.3 Å². The lowest BCUT2D eigenvalue weighted by Crippen LogP contribution is -2.33. The summed E-state index contributed by atoms with van der Waals surface area (Å²) < 4.78 is 11.1. The van der Waals surface area contributed by atoms with Crippen LogP contribution in [0.5, 0.6) is 0 Å². The molecule has 0 amide bonds. The monoisotopic (exact) mass is 264 g/mol. The van der Waals surface area contributed by atoms with Crippen molar-refractivity contribution in [2.75, 3.05) is 6.61 Å². The fraction of sp³-hybridized carbons (Fsp3) is 0.688. The lowest BCUT2D eigenvalue weighted by molar-refractivity contribution is -0.140. The van der Waals surface area contributed by atoms with Gasteiger partial charge in [-0.1, -0.05) is 20.8 Å². The summed E-state index contributed by atoms with van der Waals surface area (Å²) in [7, 11) is 0. The van der Waals surface area contributed by atoms with E-state index in [0.29, 0.717) is 23.9 Å². The van der Waals surface area contributed by atoms with Crippen LogP contribution in [-0.4, -0.2) is 12.6 Å². The van der Waals surface area contributed by atoms with Crippen LogP contribution in [0.3, 0.4) is 0 Å². The third-order valence-corrected chi connectivity index (χ3v) is 4.24. The van der Waals surface area contributed by atoms with Gasteiger partial charge in [-0.15, -0.1) is 0 Å². The molecule has 0 radical (unpaired) electrons. The zero-order valence-corrected chi connectivity index (χ0v) is 12.6. The first-order valence-corrected chi connectivity index (χ1v) is 7.16. The van der Waals surface area contributed by atoms with Gasteiger partial charge in [0.1, 0.15) is 11.5 Å². The SMILES string of the molecule is CCOC(=O)C1=C(C)OC2=C(CCC(C)C2)C1(C)C. The van der Waals surface area contributed by atoms with Crippen LogP contribution >= 0.6 is 0 Å². The number of hydrogen-bond donors (Lipinski definition) is 0. The van der Waals surface area contributed by atoms with Crippen LogP contribution in [0, 0.1) is 11.3 Å². The third-order valence-electron chi connectivity index (χ3n) is 4.24. The number of rotatable bonds is 2. The smallest absolute Gasteiger partial charge is 0.338 e. The third kappa shape index (κ3) is 2.43.